The van der Waals surface area contributed by atoms with Crippen LogP contribution in [0.5, 0.6) is 5.75 Å². The van der Waals surface area contributed by atoms with E-state index in [2.05, 4.69) is 32.2 Å². The second-order valence-electron chi connectivity index (χ2n) is 8.75. The number of halogens is 1. The lowest BCUT2D eigenvalue weighted by Gasteiger charge is -2.22. The van der Waals surface area contributed by atoms with Gasteiger partial charge in [-0.1, -0.05) is 11.6 Å². The molecular weight excluding hydrogens is 408 g/mol. The largest absolute Gasteiger partial charge is 0.507 e. The number of aromatic hydroxyl groups is 1. The summed E-state index contributed by atoms with van der Waals surface area (Å²) < 4.78 is 0. The van der Waals surface area contributed by atoms with Crippen LogP contribution in [0.2, 0.25) is 5.02 Å². The fourth-order valence-corrected chi connectivity index (χ4v) is 4.99. The average Bonchev–Trinajstić information content (AvgIpc) is 3.46. The van der Waals surface area contributed by atoms with E-state index in [0.717, 1.165) is 72.7 Å². The fraction of sp³-hybridized carbons (Fsp3) is 0.400. The molecule has 0 atom stereocenters. The Morgan fingerprint density at radius 2 is 1.48 bits per heavy atom. The maximum absolute atomic E-state index is 11.1. The molecule has 2 aliphatic rings. The maximum Gasteiger partial charge on any atom is 0.124 e. The molecule has 1 aromatic heterocycles. The summed E-state index contributed by atoms with van der Waals surface area (Å²) in [5, 5.41) is 16.4. The Bertz CT molecular complexity index is 1040. The van der Waals surface area contributed by atoms with Crippen molar-refractivity contribution in [3.63, 3.8) is 0 Å². The lowest BCUT2D eigenvalue weighted by atomic mass is 10.1. The van der Waals surface area contributed by atoms with Gasteiger partial charge in [-0.2, -0.15) is 0 Å². The molecule has 3 aromatic rings. The summed E-state index contributed by atoms with van der Waals surface area (Å²) in [6.45, 7) is 6.01. The van der Waals surface area contributed by atoms with E-state index >= 15 is 0 Å². The summed E-state index contributed by atoms with van der Waals surface area (Å²) in [6.07, 6.45) is 6.77. The molecular formula is C25H29ClN4O. The molecule has 0 spiro atoms. The molecule has 5 rings (SSSR count). The van der Waals surface area contributed by atoms with Crippen molar-refractivity contribution in [1.29, 1.82) is 0 Å². The number of aromatic nitrogens is 1. The number of nitrogens with one attached hydrogen (secondary N) is 1. The maximum atomic E-state index is 11.1. The third-order valence-corrected chi connectivity index (χ3v) is 6.67. The van der Waals surface area contributed by atoms with Gasteiger partial charge in [0.15, 0.2) is 0 Å². The zero-order chi connectivity index (χ0) is 21.2. The monoisotopic (exact) mass is 436 g/mol. The molecule has 31 heavy (non-hydrogen) atoms. The lowest BCUT2D eigenvalue weighted by molar-refractivity contribution is 0.312. The zero-order valence-electron chi connectivity index (χ0n) is 17.8. The van der Waals surface area contributed by atoms with Crippen LogP contribution in [0.1, 0.15) is 36.8 Å². The Hall–Kier alpha value is -2.34. The van der Waals surface area contributed by atoms with E-state index in [-0.39, 0.29) is 0 Å². The van der Waals surface area contributed by atoms with Crippen molar-refractivity contribution in [3.8, 4) is 5.75 Å². The van der Waals surface area contributed by atoms with Gasteiger partial charge in [-0.3, -0.25) is 14.8 Å². The van der Waals surface area contributed by atoms with E-state index in [9.17, 15) is 5.11 Å². The van der Waals surface area contributed by atoms with E-state index < -0.39 is 0 Å². The Morgan fingerprint density at radius 1 is 0.871 bits per heavy atom. The summed E-state index contributed by atoms with van der Waals surface area (Å²) in [5.41, 5.74) is 4.87. The molecule has 0 aliphatic carbocycles. The van der Waals surface area contributed by atoms with Gasteiger partial charge >= 0.3 is 0 Å². The van der Waals surface area contributed by atoms with Gasteiger partial charge in [0.25, 0.3) is 0 Å². The molecule has 2 N–H and O–H groups in total. The summed E-state index contributed by atoms with van der Waals surface area (Å²) in [4.78, 5) is 9.32. The Balaban J connectivity index is 1.49. The molecule has 0 amide bonds. The van der Waals surface area contributed by atoms with Crippen LogP contribution in [0.3, 0.4) is 0 Å². The molecule has 0 saturated carbocycles. The van der Waals surface area contributed by atoms with Gasteiger partial charge in [-0.25, -0.2) is 0 Å². The van der Waals surface area contributed by atoms with E-state index in [1.54, 1.807) is 6.20 Å². The van der Waals surface area contributed by atoms with Gasteiger partial charge in [0.2, 0.25) is 0 Å². The second kappa shape index (κ2) is 9.03. The van der Waals surface area contributed by atoms with E-state index in [1.807, 2.05) is 24.3 Å². The van der Waals surface area contributed by atoms with Crippen molar-refractivity contribution < 1.29 is 5.11 Å². The summed E-state index contributed by atoms with van der Waals surface area (Å²) in [7, 11) is 0. The van der Waals surface area contributed by atoms with Crippen molar-refractivity contribution in [2.75, 3.05) is 31.5 Å². The van der Waals surface area contributed by atoms with E-state index in [4.69, 9.17) is 11.6 Å². The van der Waals surface area contributed by atoms with Crippen LogP contribution >= 0.6 is 11.6 Å². The predicted molar refractivity (Wildman–Crippen MR) is 127 cm³/mol. The number of pyridine rings is 1. The number of nitrogens with zero attached hydrogens (tertiary/aromatic N) is 3. The van der Waals surface area contributed by atoms with Crippen molar-refractivity contribution in [2.45, 2.75) is 38.8 Å². The quantitative estimate of drug-likeness (QED) is 0.497. The molecule has 0 radical (unpaired) electrons. The number of phenolic OH excluding ortho intramolecular Hbond substituents is 1. The van der Waals surface area contributed by atoms with E-state index in [1.165, 1.54) is 25.7 Å². The van der Waals surface area contributed by atoms with Crippen LogP contribution in [0, 0.1) is 0 Å². The van der Waals surface area contributed by atoms with Crippen molar-refractivity contribution in [2.24, 2.45) is 0 Å². The number of rotatable bonds is 6. The second-order valence-corrected chi connectivity index (χ2v) is 9.19. The minimum atomic E-state index is 0.454. The van der Waals surface area contributed by atoms with Crippen LogP contribution in [0.15, 0.2) is 42.6 Å². The molecule has 2 aromatic carbocycles. The van der Waals surface area contributed by atoms with Crippen LogP contribution in [-0.2, 0) is 13.1 Å². The topological polar surface area (TPSA) is 51.6 Å². The number of anilines is 2. The molecule has 3 heterocycles. The third kappa shape index (κ3) is 4.64. The third-order valence-electron chi connectivity index (χ3n) is 6.44. The number of benzene rings is 2. The molecule has 6 heteroatoms. The van der Waals surface area contributed by atoms with E-state index in [0.29, 0.717) is 10.8 Å². The van der Waals surface area contributed by atoms with Gasteiger partial charge < -0.3 is 10.4 Å². The Kier molecular flexibility index (Phi) is 5.99. The minimum Gasteiger partial charge on any atom is -0.507 e. The van der Waals surface area contributed by atoms with Crippen LogP contribution in [0.25, 0.3) is 10.9 Å². The first-order valence-electron chi connectivity index (χ1n) is 11.3. The fourth-order valence-electron chi connectivity index (χ4n) is 4.82. The number of hydrogen-bond donors (Lipinski definition) is 2. The highest BCUT2D eigenvalue weighted by Crippen LogP contribution is 2.34. The normalized spacial score (nSPS) is 17.6. The minimum absolute atomic E-state index is 0.454. The molecule has 0 bridgehead atoms. The highest BCUT2D eigenvalue weighted by atomic mass is 35.5. The molecule has 2 fully saturated rings. The first kappa shape index (κ1) is 20.6. The van der Waals surface area contributed by atoms with Crippen molar-refractivity contribution >= 4 is 33.9 Å². The SMILES string of the molecule is Oc1c(CN2CCCC2)cc(Nc2ccnc3cc(Cl)ccc23)cc1CN1CCCC1. The summed E-state index contributed by atoms with van der Waals surface area (Å²) >= 11 is 6.15. The van der Waals surface area contributed by atoms with Gasteiger partial charge in [0.05, 0.1) is 5.52 Å². The Labute approximate surface area is 188 Å². The molecule has 2 aliphatic heterocycles. The van der Waals surface area contributed by atoms with Crippen LogP contribution < -0.4 is 5.32 Å². The van der Waals surface area contributed by atoms with Crippen LogP contribution in [-0.4, -0.2) is 46.1 Å². The smallest absolute Gasteiger partial charge is 0.124 e. The molecule has 2 saturated heterocycles. The van der Waals surface area contributed by atoms with Crippen LogP contribution in [0.4, 0.5) is 11.4 Å². The average molecular weight is 437 g/mol. The van der Waals surface area contributed by atoms with Gasteiger partial charge in [0.1, 0.15) is 5.75 Å². The lowest BCUT2D eigenvalue weighted by Crippen LogP contribution is -2.20. The number of fused-ring (bicyclic) bond motifs is 1. The van der Waals surface area contributed by atoms with Gasteiger partial charge in [0, 0.05) is 52.2 Å². The van der Waals surface area contributed by atoms with Gasteiger partial charge in [-0.05, 0) is 88.3 Å². The summed E-state index contributed by atoms with van der Waals surface area (Å²) in [6, 6.07) is 12.0. The molecule has 162 valence electrons. The molecule has 0 unspecified atom stereocenters. The van der Waals surface area contributed by atoms with Crippen molar-refractivity contribution in [3.05, 3.63) is 58.7 Å². The highest BCUT2D eigenvalue weighted by molar-refractivity contribution is 6.31. The number of hydrogen-bond acceptors (Lipinski definition) is 5. The summed E-state index contributed by atoms with van der Waals surface area (Å²) in [5.74, 6) is 0.454. The molecule has 5 nitrogen and oxygen atoms in total. The Morgan fingerprint density at radius 3 is 2.10 bits per heavy atom. The number of likely N-dealkylation sites (tertiary alicyclic amines) is 2. The zero-order valence-corrected chi connectivity index (χ0v) is 18.5. The van der Waals surface area contributed by atoms with Gasteiger partial charge in [-0.15, -0.1) is 0 Å². The number of phenols is 1. The highest BCUT2D eigenvalue weighted by Gasteiger charge is 2.19. The standard InChI is InChI=1S/C25H29ClN4O/c26-20-5-6-22-23(7-8-27-24(22)15-20)28-21-13-18(16-29-9-1-2-10-29)25(31)19(14-21)17-30-11-3-4-12-30/h5-8,13-15,31H,1-4,9-12,16-17H2,(H,27,28). The first-order valence-corrected chi connectivity index (χ1v) is 11.6. The first-order chi connectivity index (χ1) is 15.2. The predicted octanol–water partition coefficient (Wildman–Crippen LogP) is 5.53. The van der Waals surface area contributed by atoms with Crippen molar-refractivity contribution in [1.82, 2.24) is 14.8 Å².